The molecule has 1 fully saturated rings. The number of ether oxygens (including phenoxy) is 2. The zero-order valence-electron chi connectivity index (χ0n) is 24.2. The molecular weight excluding hydrogens is 551 g/mol. The van der Waals surface area contributed by atoms with Gasteiger partial charge in [0, 0.05) is 11.0 Å². The molecule has 1 aliphatic carbocycles. The average molecular weight is 585 g/mol. The molecule has 0 saturated carbocycles. The highest BCUT2D eigenvalue weighted by Crippen LogP contribution is 2.41. The van der Waals surface area contributed by atoms with Crippen LogP contribution in [0, 0.1) is 30.6 Å². The van der Waals surface area contributed by atoms with Gasteiger partial charge in [0.15, 0.2) is 0 Å². The standard InChI is InChI=1S/C34H33FN2O4S/c1-20-21(2)30(41-22(3)25-8-5-23(18-36)6-9-25)15-26-11-12-34(4,16-28(20)26)19-40-29-10-7-24(13-27(29)17-35)14-31-32(38)37-33(39)42-31/h5-10,13-15,22H,11-12,16-17,19H2,1-4H3,(H,37,38,39). The van der Waals surface area contributed by atoms with E-state index in [9.17, 15) is 14.0 Å². The molecule has 0 radical (unpaired) electrons. The monoisotopic (exact) mass is 584 g/mol. The van der Waals surface area contributed by atoms with E-state index in [4.69, 9.17) is 14.7 Å². The van der Waals surface area contributed by atoms with E-state index >= 15 is 0 Å². The van der Waals surface area contributed by atoms with E-state index in [2.05, 4.69) is 38.2 Å². The molecule has 5 rings (SSSR count). The minimum absolute atomic E-state index is 0.129. The minimum atomic E-state index is -0.702. The molecule has 0 aromatic heterocycles. The molecule has 1 aliphatic heterocycles. The Morgan fingerprint density at radius 2 is 1.88 bits per heavy atom. The van der Waals surface area contributed by atoms with Crippen LogP contribution in [0.4, 0.5) is 9.18 Å². The van der Waals surface area contributed by atoms with Gasteiger partial charge in [-0.3, -0.25) is 14.9 Å². The number of rotatable bonds is 8. The lowest BCUT2D eigenvalue weighted by atomic mass is 9.71. The van der Waals surface area contributed by atoms with Gasteiger partial charge in [-0.25, -0.2) is 4.39 Å². The number of aryl methyl sites for hydroxylation is 1. The van der Waals surface area contributed by atoms with E-state index in [1.807, 2.05) is 31.2 Å². The molecule has 1 heterocycles. The summed E-state index contributed by atoms with van der Waals surface area (Å²) in [4.78, 5) is 23.6. The third kappa shape index (κ3) is 6.22. The van der Waals surface area contributed by atoms with Gasteiger partial charge in [-0.1, -0.05) is 25.1 Å². The molecular formula is C34H33FN2O4S. The quantitative estimate of drug-likeness (QED) is 0.273. The fraction of sp³-hybridized carbons (Fsp3) is 0.324. The summed E-state index contributed by atoms with van der Waals surface area (Å²) < 4.78 is 26.6. The van der Waals surface area contributed by atoms with Crippen molar-refractivity contribution < 1.29 is 23.5 Å². The number of fused-ring (bicyclic) bond motifs is 1. The summed E-state index contributed by atoms with van der Waals surface area (Å²) in [5.74, 6) is 0.922. The normalized spacial score (nSPS) is 19.7. The number of alkyl halides is 1. The number of carbonyl (C=O) groups excluding carboxylic acids is 2. The Morgan fingerprint density at radius 3 is 2.55 bits per heavy atom. The van der Waals surface area contributed by atoms with Gasteiger partial charge in [-0.15, -0.1) is 0 Å². The molecule has 0 spiro atoms. The second-order valence-corrected chi connectivity index (χ2v) is 12.4. The third-order valence-corrected chi connectivity index (χ3v) is 9.05. The first kappa shape index (κ1) is 29.4. The van der Waals surface area contributed by atoms with Crippen LogP contribution in [-0.4, -0.2) is 17.8 Å². The lowest BCUT2D eigenvalue weighted by Gasteiger charge is -2.36. The minimum Gasteiger partial charge on any atom is -0.493 e. The molecule has 2 amide bonds. The van der Waals surface area contributed by atoms with Gasteiger partial charge in [-0.2, -0.15) is 5.26 Å². The van der Waals surface area contributed by atoms with Crippen LogP contribution in [-0.2, 0) is 24.3 Å². The highest BCUT2D eigenvalue weighted by atomic mass is 32.2. The molecule has 0 bridgehead atoms. The van der Waals surface area contributed by atoms with E-state index in [-0.39, 0.29) is 16.4 Å². The van der Waals surface area contributed by atoms with Crippen molar-refractivity contribution in [3.8, 4) is 17.6 Å². The highest BCUT2D eigenvalue weighted by molar-refractivity contribution is 8.18. The maximum Gasteiger partial charge on any atom is 0.290 e. The molecule has 1 N–H and O–H groups in total. The number of nitrogens with zero attached hydrogens (tertiary/aromatic N) is 1. The van der Waals surface area contributed by atoms with Gasteiger partial charge in [0.05, 0.1) is 23.1 Å². The van der Waals surface area contributed by atoms with Crippen LogP contribution in [0.1, 0.15) is 70.9 Å². The number of hydrogen-bond donors (Lipinski definition) is 1. The summed E-state index contributed by atoms with van der Waals surface area (Å²) in [6.45, 7) is 8.20. The van der Waals surface area contributed by atoms with Crippen LogP contribution < -0.4 is 14.8 Å². The Kier molecular flexibility index (Phi) is 8.42. The van der Waals surface area contributed by atoms with E-state index in [1.54, 1.807) is 24.3 Å². The number of nitrogens with one attached hydrogen (secondary N) is 1. The van der Waals surface area contributed by atoms with Crippen LogP contribution in [0.5, 0.6) is 11.5 Å². The van der Waals surface area contributed by atoms with Crippen LogP contribution in [0.2, 0.25) is 0 Å². The van der Waals surface area contributed by atoms with Crippen molar-refractivity contribution in [3.63, 3.8) is 0 Å². The van der Waals surface area contributed by atoms with Crippen molar-refractivity contribution in [1.82, 2.24) is 5.32 Å². The summed E-state index contributed by atoms with van der Waals surface area (Å²) in [6.07, 6.45) is 4.08. The molecule has 42 heavy (non-hydrogen) atoms. The van der Waals surface area contributed by atoms with Gasteiger partial charge in [-0.05, 0) is 122 Å². The molecule has 8 heteroatoms. The molecule has 3 aromatic carbocycles. The van der Waals surface area contributed by atoms with Gasteiger partial charge in [0.2, 0.25) is 0 Å². The van der Waals surface area contributed by atoms with Gasteiger partial charge >= 0.3 is 0 Å². The number of amides is 2. The first-order valence-electron chi connectivity index (χ1n) is 13.9. The lowest BCUT2D eigenvalue weighted by molar-refractivity contribution is -0.115. The Balaban J connectivity index is 1.28. The zero-order valence-corrected chi connectivity index (χ0v) is 25.0. The Hall–Kier alpha value is -4.09. The molecule has 2 atom stereocenters. The molecule has 216 valence electrons. The summed E-state index contributed by atoms with van der Waals surface area (Å²) in [7, 11) is 0. The molecule has 3 aromatic rings. The number of halogens is 1. The number of thioether (sulfide) groups is 1. The SMILES string of the molecule is Cc1c(OC(C)c2ccc(C#N)cc2)cc2c(c1C)CC(C)(COc1ccc(C=C3SC(=O)NC3=O)cc1CF)CC2. The molecule has 2 aliphatic rings. The van der Waals surface area contributed by atoms with Crippen molar-refractivity contribution in [2.24, 2.45) is 5.41 Å². The first-order chi connectivity index (χ1) is 20.1. The topological polar surface area (TPSA) is 88.4 Å². The zero-order chi connectivity index (χ0) is 30.0. The summed E-state index contributed by atoms with van der Waals surface area (Å²) in [5, 5.41) is 10.9. The Morgan fingerprint density at radius 1 is 1.12 bits per heavy atom. The van der Waals surface area contributed by atoms with Crippen molar-refractivity contribution in [1.29, 1.82) is 5.26 Å². The predicted molar refractivity (Wildman–Crippen MR) is 162 cm³/mol. The van der Waals surface area contributed by atoms with E-state index < -0.39 is 17.8 Å². The Labute approximate surface area is 249 Å². The van der Waals surface area contributed by atoms with Gasteiger partial charge < -0.3 is 9.47 Å². The van der Waals surface area contributed by atoms with Crippen molar-refractivity contribution >= 4 is 29.0 Å². The highest BCUT2D eigenvalue weighted by Gasteiger charge is 2.33. The number of imide groups is 1. The number of hydrogen-bond acceptors (Lipinski definition) is 6. The van der Waals surface area contributed by atoms with Crippen molar-refractivity contribution in [3.05, 3.63) is 97.9 Å². The number of nitriles is 1. The van der Waals surface area contributed by atoms with Crippen LogP contribution >= 0.6 is 11.8 Å². The third-order valence-electron chi connectivity index (χ3n) is 8.24. The second kappa shape index (κ2) is 12.0. The van der Waals surface area contributed by atoms with Gasteiger partial charge in [0.1, 0.15) is 24.3 Å². The van der Waals surface area contributed by atoms with Crippen molar-refractivity contribution in [2.75, 3.05) is 6.61 Å². The van der Waals surface area contributed by atoms with E-state index in [1.165, 1.54) is 16.7 Å². The maximum atomic E-state index is 14.0. The van der Waals surface area contributed by atoms with Crippen molar-refractivity contribution in [2.45, 2.75) is 59.7 Å². The van der Waals surface area contributed by atoms with Crippen LogP contribution in [0.3, 0.4) is 0 Å². The lowest BCUT2D eigenvalue weighted by Crippen LogP contribution is -2.33. The van der Waals surface area contributed by atoms with Gasteiger partial charge in [0.25, 0.3) is 11.1 Å². The van der Waals surface area contributed by atoms with Crippen LogP contribution in [0.25, 0.3) is 6.08 Å². The average Bonchev–Trinajstić information content (AvgIpc) is 3.31. The Bertz CT molecular complexity index is 1630. The van der Waals surface area contributed by atoms with E-state index in [0.29, 0.717) is 29.0 Å². The fourth-order valence-corrected chi connectivity index (χ4v) is 6.20. The second-order valence-electron chi connectivity index (χ2n) is 11.4. The summed E-state index contributed by atoms with van der Waals surface area (Å²) in [6, 6.07) is 17.0. The number of carbonyl (C=O) groups is 2. The van der Waals surface area contributed by atoms with E-state index in [0.717, 1.165) is 47.9 Å². The summed E-state index contributed by atoms with van der Waals surface area (Å²) in [5.41, 5.74) is 7.49. The van der Waals surface area contributed by atoms with Crippen LogP contribution in [0.15, 0.2) is 53.4 Å². The fourth-order valence-electron chi connectivity index (χ4n) is 5.52. The summed E-state index contributed by atoms with van der Waals surface area (Å²) >= 11 is 0.834. The maximum absolute atomic E-state index is 14.0. The predicted octanol–water partition coefficient (Wildman–Crippen LogP) is 7.68. The first-order valence-corrected chi connectivity index (χ1v) is 14.8. The molecule has 2 unspecified atom stereocenters. The molecule has 6 nitrogen and oxygen atoms in total. The number of benzene rings is 3. The molecule has 1 saturated heterocycles. The largest absolute Gasteiger partial charge is 0.493 e. The smallest absolute Gasteiger partial charge is 0.290 e.